The molecule has 0 spiro atoms. The lowest BCUT2D eigenvalue weighted by Gasteiger charge is -2.00. The summed E-state index contributed by atoms with van der Waals surface area (Å²) in [6, 6.07) is 1.41. The van der Waals surface area contributed by atoms with Gasteiger partial charge in [-0.25, -0.2) is 4.98 Å². The Morgan fingerprint density at radius 1 is 1.41 bits per heavy atom. The predicted molar refractivity (Wildman–Crippen MR) is 78.9 cm³/mol. The molecule has 0 amide bonds. The first-order valence-corrected chi connectivity index (χ1v) is 7.34. The van der Waals surface area contributed by atoms with Crippen LogP contribution in [0.1, 0.15) is 10.8 Å². The molecule has 0 aliphatic heterocycles. The van der Waals surface area contributed by atoms with E-state index in [-0.39, 0.29) is 5.56 Å². The van der Waals surface area contributed by atoms with Crippen molar-refractivity contribution in [2.45, 2.75) is 19.9 Å². The molecule has 0 aromatic carbocycles. The Hall–Kier alpha value is -2.55. The first-order valence-electron chi connectivity index (χ1n) is 6.52. The minimum Gasteiger partial charge on any atom is -0.480 e. The molecule has 0 aliphatic rings. The van der Waals surface area contributed by atoms with E-state index in [2.05, 4.69) is 20.1 Å². The van der Waals surface area contributed by atoms with Crippen LogP contribution in [-0.2, 0) is 13.0 Å². The van der Waals surface area contributed by atoms with Crippen molar-refractivity contribution < 1.29 is 9.26 Å². The normalized spacial score (nSPS) is 10.8. The van der Waals surface area contributed by atoms with Gasteiger partial charge in [0.2, 0.25) is 17.6 Å². The molecule has 3 aromatic rings. The van der Waals surface area contributed by atoms with Crippen molar-refractivity contribution in [3.8, 4) is 16.7 Å². The Morgan fingerprint density at radius 3 is 3.00 bits per heavy atom. The molecule has 3 aromatic heterocycles. The topological polar surface area (TPSA) is 95.9 Å². The van der Waals surface area contributed by atoms with Crippen LogP contribution >= 0.6 is 11.3 Å². The lowest BCUT2D eigenvalue weighted by atomic mass is 10.4. The Labute approximate surface area is 129 Å². The molecular weight excluding hydrogens is 306 g/mol. The number of hydrogen-bond donors (Lipinski definition) is 0. The van der Waals surface area contributed by atoms with Gasteiger partial charge >= 0.3 is 0 Å². The highest BCUT2D eigenvalue weighted by Crippen LogP contribution is 2.29. The second-order valence-corrected chi connectivity index (χ2v) is 5.66. The number of thiazole rings is 1. The monoisotopic (exact) mass is 319 g/mol. The standard InChI is InChI=1S/C13H13N5O3S/c1-8-12(20-2)16-13(22-8)11-15-9(21-17-11)4-6-18-7-14-5-3-10(18)19/h3,5,7H,4,6H2,1-2H3. The molecule has 3 heterocycles. The lowest BCUT2D eigenvalue weighted by molar-refractivity contribution is 0.371. The maximum atomic E-state index is 11.6. The maximum absolute atomic E-state index is 11.6. The molecule has 0 N–H and O–H groups in total. The van der Waals surface area contributed by atoms with Crippen molar-refractivity contribution in [2.24, 2.45) is 0 Å². The van der Waals surface area contributed by atoms with Gasteiger partial charge in [-0.3, -0.25) is 9.36 Å². The van der Waals surface area contributed by atoms with E-state index in [1.165, 1.54) is 34.5 Å². The number of ether oxygens (including phenoxy) is 1. The van der Waals surface area contributed by atoms with Crippen LogP contribution in [0.15, 0.2) is 27.9 Å². The van der Waals surface area contributed by atoms with Crippen LogP contribution in [0.25, 0.3) is 10.8 Å². The third-order valence-electron chi connectivity index (χ3n) is 2.97. The Morgan fingerprint density at radius 2 is 2.27 bits per heavy atom. The molecule has 3 rings (SSSR count). The molecule has 0 unspecified atom stereocenters. The second kappa shape index (κ2) is 6.06. The molecule has 0 saturated carbocycles. The van der Waals surface area contributed by atoms with Crippen molar-refractivity contribution in [3.05, 3.63) is 39.7 Å². The van der Waals surface area contributed by atoms with Gasteiger partial charge in [-0.15, -0.1) is 11.3 Å². The first-order chi connectivity index (χ1) is 10.7. The number of hydrogen-bond acceptors (Lipinski definition) is 8. The third kappa shape index (κ3) is 2.89. The average molecular weight is 319 g/mol. The smallest absolute Gasteiger partial charge is 0.253 e. The molecule has 0 aliphatic carbocycles. The number of aromatic nitrogens is 5. The van der Waals surface area contributed by atoms with Gasteiger partial charge in [-0.1, -0.05) is 5.16 Å². The van der Waals surface area contributed by atoms with E-state index in [4.69, 9.17) is 9.26 Å². The highest BCUT2D eigenvalue weighted by atomic mass is 32.1. The van der Waals surface area contributed by atoms with E-state index in [1.54, 1.807) is 7.11 Å². The fourth-order valence-electron chi connectivity index (χ4n) is 1.87. The molecule has 0 atom stereocenters. The Kier molecular flexibility index (Phi) is 3.96. The molecule has 8 nitrogen and oxygen atoms in total. The lowest BCUT2D eigenvalue weighted by Crippen LogP contribution is -2.19. The van der Waals surface area contributed by atoms with Gasteiger partial charge in [-0.2, -0.15) is 9.97 Å². The van der Waals surface area contributed by atoms with E-state index >= 15 is 0 Å². The fourth-order valence-corrected chi connectivity index (χ4v) is 2.68. The molecule has 0 fully saturated rings. The van der Waals surface area contributed by atoms with Gasteiger partial charge in [0.25, 0.3) is 5.56 Å². The van der Waals surface area contributed by atoms with Gasteiger partial charge < -0.3 is 9.26 Å². The van der Waals surface area contributed by atoms with Crippen molar-refractivity contribution in [3.63, 3.8) is 0 Å². The predicted octanol–water partition coefficient (Wildman–Crippen LogP) is 1.31. The van der Waals surface area contributed by atoms with Crippen LogP contribution in [0, 0.1) is 6.92 Å². The summed E-state index contributed by atoms with van der Waals surface area (Å²) < 4.78 is 11.8. The average Bonchev–Trinajstić information content (AvgIpc) is 3.12. The van der Waals surface area contributed by atoms with Crippen molar-refractivity contribution in [2.75, 3.05) is 7.11 Å². The van der Waals surface area contributed by atoms with E-state index in [0.717, 1.165) is 4.88 Å². The minimum absolute atomic E-state index is 0.116. The number of methoxy groups -OCH3 is 1. The molecule has 22 heavy (non-hydrogen) atoms. The summed E-state index contributed by atoms with van der Waals surface area (Å²) in [5.74, 6) is 1.43. The van der Waals surface area contributed by atoms with Crippen LogP contribution in [0.2, 0.25) is 0 Å². The molecule has 0 saturated heterocycles. The van der Waals surface area contributed by atoms with Crippen molar-refractivity contribution in [1.82, 2.24) is 24.7 Å². The van der Waals surface area contributed by atoms with E-state index < -0.39 is 0 Å². The summed E-state index contributed by atoms with van der Waals surface area (Å²) in [7, 11) is 1.57. The van der Waals surface area contributed by atoms with E-state index in [9.17, 15) is 4.79 Å². The van der Waals surface area contributed by atoms with Crippen LogP contribution in [0.4, 0.5) is 0 Å². The molecule has 114 valence electrons. The summed E-state index contributed by atoms with van der Waals surface area (Å²) in [6.45, 7) is 2.34. The summed E-state index contributed by atoms with van der Waals surface area (Å²) in [6.07, 6.45) is 3.39. The van der Waals surface area contributed by atoms with Crippen molar-refractivity contribution in [1.29, 1.82) is 0 Å². The van der Waals surface area contributed by atoms with Gasteiger partial charge in [0, 0.05) is 25.2 Å². The van der Waals surface area contributed by atoms with Crippen molar-refractivity contribution >= 4 is 11.3 Å². The zero-order valence-corrected chi connectivity index (χ0v) is 12.8. The summed E-state index contributed by atoms with van der Waals surface area (Å²) in [4.78, 5) is 25.0. The first kappa shape index (κ1) is 14.4. The zero-order valence-electron chi connectivity index (χ0n) is 12.0. The highest BCUT2D eigenvalue weighted by molar-refractivity contribution is 7.15. The van der Waals surface area contributed by atoms with Crippen LogP contribution in [0.3, 0.4) is 0 Å². The molecule has 0 bridgehead atoms. The minimum atomic E-state index is -0.116. The zero-order chi connectivity index (χ0) is 15.5. The van der Waals surface area contributed by atoms with Gasteiger partial charge in [0.1, 0.15) is 0 Å². The summed E-state index contributed by atoms with van der Waals surface area (Å²) in [5, 5.41) is 4.55. The van der Waals surface area contributed by atoms with Crippen LogP contribution in [-0.4, -0.2) is 31.8 Å². The van der Waals surface area contributed by atoms with Gasteiger partial charge in [-0.05, 0) is 6.92 Å². The Bertz CT molecular complexity index is 838. The van der Waals surface area contributed by atoms with Crippen LogP contribution in [0.5, 0.6) is 5.88 Å². The van der Waals surface area contributed by atoms with E-state index in [0.29, 0.717) is 35.6 Å². The highest BCUT2D eigenvalue weighted by Gasteiger charge is 2.15. The summed E-state index contributed by atoms with van der Waals surface area (Å²) in [5.41, 5.74) is -0.116. The second-order valence-electron chi connectivity index (χ2n) is 4.46. The van der Waals surface area contributed by atoms with Gasteiger partial charge in [0.05, 0.1) is 18.3 Å². The Balaban J connectivity index is 1.73. The van der Waals surface area contributed by atoms with Crippen LogP contribution < -0.4 is 10.3 Å². The fraction of sp³-hybridized carbons (Fsp3) is 0.308. The van der Waals surface area contributed by atoms with Gasteiger partial charge in [0.15, 0.2) is 5.01 Å². The molecular formula is C13H13N5O3S. The molecule has 0 radical (unpaired) electrons. The van der Waals surface area contributed by atoms with E-state index in [1.807, 2.05) is 6.92 Å². The maximum Gasteiger partial charge on any atom is 0.253 e. The number of aryl methyl sites for hydroxylation is 3. The SMILES string of the molecule is COc1nc(-c2noc(CCn3cnccc3=O)n2)sc1C. The molecule has 9 heteroatoms. The number of nitrogens with zero attached hydrogens (tertiary/aromatic N) is 5. The quantitative estimate of drug-likeness (QED) is 0.699. The summed E-state index contributed by atoms with van der Waals surface area (Å²) >= 11 is 1.44. The largest absolute Gasteiger partial charge is 0.480 e. The third-order valence-corrected chi connectivity index (χ3v) is 3.91. The number of rotatable bonds is 5.